The third-order valence-electron chi connectivity index (χ3n) is 5.56. The fourth-order valence-electron chi connectivity index (χ4n) is 3.97. The molecule has 0 aliphatic carbocycles. The van der Waals surface area contributed by atoms with Crippen LogP contribution >= 0.6 is 0 Å². The summed E-state index contributed by atoms with van der Waals surface area (Å²) in [7, 11) is 0. The van der Waals surface area contributed by atoms with Gasteiger partial charge in [0.1, 0.15) is 6.10 Å². The van der Waals surface area contributed by atoms with E-state index < -0.39 is 0 Å². The van der Waals surface area contributed by atoms with Crippen LogP contribution in [0.5, 0.6) is 5.88 Å². The first-order chi connectivity index (χ1) is 14.2. The molecule has 29 heavy (non-hydrogen) atoms. The molecule has 2 aliphatic rings. The molecule has 2 aromatic carbocycles. The minimum absolute atomic E-state index is 0.00300. The summed E-state index contributed by atoms with van der Waals surface area (Å²) in [4.78, 5) is 33.2. The van der Waals surface area contributed by atoms with Crippen molar-refractivity contribution in [2.75, 3.05) is 24.5 Å². The summed E-state index contributed by atoms with van der Waals surface area (Å²) >= 11 is 0. The van der Waals surface area contributed by atoms with Crippen LogP contribution in [0.3, 0.4) is 0 Å². The maximum Gasteiger partial charge on any atom is 0.228 e. The number of rotatable bonds is 4. The van der Waals surface area contributed by atoms with Crippen molar-refractivity contribution in [2.45, 2.75) is 12.5 Å². The Morgan fingerprint density at radius 3 is 2.52 bits per heavy atom. The summed E-state index contributed by atoms with van der Waals surface area (Å²) in [5, 5.41) is 1.07. The quantitative estimate of drug-likeness (QED) is 0.691. The highest BCUT2D eigenvalue weighted by atomic mass is 16.5. The summed E-state index contributed by atoms with van der Waals surface area (Å²) in [5.41, 5.74) is 1.74. The van der Waals surface area contributed by atoms with Gasteiger partial charge in [0.05, 0.1) is 24.5 Å². The van der Waals surface area contributed by atoms with Crippen LogP contribution in [0, 0.1) is 5.92 Å². The Hall–Kier alpha value is -3.41. The Morgan fingerprint density at radius 1 is 0.931 bits per heavy atom. The number of nitrogens with zero attached hydrogens (tertiary/aromatic N) is 3. The molecule has 2 fully saturated rings. The smallest absolute Gasteiger partial charge is 0.228 e. The van der Waals surface area contributed by atoms with Crippen molar-refractivity contribution in [3.8, 4) is 5.88 Å². The number of carbonyl (C=O) groups excluding carboxylic acids is 2. The van der Waals surface area contributed by atoms with Crippen LogP contribution in [0.15, 0.2) is 66.7 Å². The summed E-state index contributed by atoms with van der Waals surface area (Å²) in [5.74, 6) is 0.320. The summed E-state index contributed by atoms with van der Waals surface area (Å²) in [6, 6.07) is 21.2. The van der Waals surface area contributed by atoms with Gasteiger partial charge in [-0.05, 0) is 24.3 Å². The van der Waals surface area contributed by atoms with Gasteiger partial charge >= 0.3 is 0 Å². The number of aromatic nitrogens is 1. The molecule has 6 nitrogen and oxygen atoms in total. The first kappa shape index (κ1) is 17.7. The fraction of sp³-hybridized carbons (Fsp3) is 0.261. The normalized spacial score (nSPS) is 19.4. The Bertz CT molecular complexity index is 1060. The Balaban J connectivity index is 1.17. The first-order valence-corrected chi connectivity index (χ1v) is 9.84. The Labute approximate surface area is 168 Å². The molecule has 0 N–H and O–H groups in total. The van der Waals surface area contributed by atoms with E-state index in [1.54, 1.807) is 9.80 Å². The lowest BCUT2D eigenvalue weighted by Gasteiger charge is -2.39. The number of pyridine rings is 1. The highest BCUT2D eigenvalue weighted by Gasteiger charge is 2.41. The van der Waals surface area contributed by atoms with Crippen molar-refractivity contribution < 1.29 is 14.3 Å². The van der Waals surface area contributed by atoms with Gasteiger partial charge in [-0.2, -0.15) is 0 Å². The predicted molar refractivity (Wildman–Crippen MR) is 110 cm³/mol. The van der Waals surface area contributed by atoms with E-state index in [1.165, 1.54) is 0 Å². The molecule has 1 aromatic heterocycles. The zero-order chi connectivity index (χ0) is 19.8. The Kier molecular flexibility index (Phi) is 4.39. The number of para-hydroxylation sites is 2. The van der Waals surface area contributed by atoms with E-state index in [4.69, 9.17) is 4.74 Å². The number of ether oxygens (including phenoxy) is 1. The molecule has 0 spiro atoms. The number of fused-ring (bicyclic) bond motifs is 1. The second-order valence-corrected chi connectivity index (χ2v) is 7.57. The minimum Gasteiger partial charge on any atom is -0.471 e. The maximum absolute atomic E-state index is 12.8. The molecule has 1 unspecified atom stereocenters. The number of anilines is 1. The number of amides is 2. The van der Waals surface area contributed by atoms with Gasteiger partial charge in [0.15, 0.2) is 0 Å². The first-order valence-electron chi connectivity index (χ1n) is 9.84. The van der Waals surface area contributed by atoms with Crippen LogP contribution < -0.4 is 9.64 Å². The minimum atomic E-state index is -0.289. The summed E-state index contributed by atoms with van der Waals surface area (Å²) < 4.78 is 5.93. The van der Waals surface area contributed by atoms with E-state index in [9.17, 15) is 9.59 Å². The van der Waals surface area contributed by atoms with Crippen LogP contribution in [0.1, 0.15) is 6.42 Å². The zero-order valence-electron chi connectivity index (χ0n) is 15.9. The molecule has 3 aromatic rings. The zero-order valence-corrected chi connectivity index (χ0v) is 15.9. The van der Waals surface area contributed by atoms with Crippen molar-refractivity contribution in [3.63, 3.8) is 0 Å². The standard InChI is InChI=1S/C23H21N3O3/c27-22-12-17(13-26(22)18-7-2-1-3-8-18)23(28)25-14-19(15-25)29-21-11-10-16-6-4-5-9-20(16)24-21/h1-11,17,19H,12-15H2. The van der Waals surface area contributed by atoms with Crippen molar-refractivity contribution >= 4 is 28.4 Å². The molecule has 146 valence electrons. The van der Waals surface area contributed by atoms with Gasteiger partial charge in [-0.3, -0.25) is 9.59 Å². The summed E-state index contributed by atoms with van der Waals surface area (Å²) in [6.45, 7) is 1.50. The van der Waals surface area contributed by atoms with Gasteiger partial charge in [0, 0.05) is 30.1 Å². The molecule has 0 bridgehead atoms. The van der Waals surface area contributed by atoms with Crippen LogP contribution in [0.4, 0.5) is 5.69 Å². The molecule has 0 radical (unpaired) electrons. The topological polar surface area (TPSA) is 62.7 Å². The molecule has 5 rings (SSSR count). The number of hydrogen-bond donors (Lipinski definition) is 0. The van der Waals surface area contributed by atoms with Gasteiger partial charge in [0.25, 0.3) is 0 Å². The van der Waals surface area contributed by atoms with Gasteiger partial charge in [-0.25, -0.2) is 4.98 Å². The fourth-order valence-corrected chi connectivity index (χ4v) is 3.97. The SMILES string of the molecule is O=C(C1CC(=O)N(c2ccccc2)C1)N1CC(Oc2ccc3ccccc3n2)C1. The second-order valence-electron chi connectivity index (χ2n) is 7.57. The van der Waals surface area contributed by atoms with Crippen molar-refractivity contribution in [1.29, 1.82) is 0 Å². The average Bonchev–Trinajstić information content (AvgIpc) is 3.12. The molecule has 3 heterocycles. The number of benzene rings is 2. The van der Waals surface area contributed by atoms with Crippen molar-refractivity contribution in [2.24, 2.45) is 5.92 Å². The number of hydrogen-bond acceptors (Lipinski definition) is 4. The monoisotopic (exact) mass is 387 g/mol. The lowest BCUT2D eigenvalue weighted by molar-refractivity contribution is -0.144. The Morgan fingerprint density at radius 2 is 1.69 bits per heavy atom. The maximum atomic E-state index is 12.8. The van der Waals surface area contributed by atoms with Crippen molar-refractivity contribution in [3.05, 3.63) is 66.7 Å². The lowest BCUT2D eigenvalue weighted by Crippen LogP contribution is -2.57. The van der Waals surface area contributed by atoms with Crippen molar-refractivity contribution in [1.82, 2.24) is 9.88 Å². The van der Waals surface area contributed by atoms with E-state index in [0.29, 0.717) is 25.5 Å². The predicted octanol–water partition coefficient (Wildman–Crippen LogP) is 2.88. The molecule has 6 heteroatoms. The van der Waals surface area contributed by atoms with E-state index in [0.717, 1.165) is 16.6 Å². The van der Waals surface area contributed by atoms with E-state index in [1.807, 2.05) is 66.7 Å². The highest BCUT2D eigenvalue weighted by molar-refractivity contribution is 6.00. The third-order valence-corrected chi connectivity index (χ3v) is 5.56. The van der Waals surface area contributed by atoms with Crippen LogP contribution in [0.25, 0.3) is 10.9 Å². The molecule has 2 aliphatic heterocycles. The van der Waals surface area contributed by atoms with Gasteiger partial charge in [-0.15, -0.1) is 0 Å². The molecule has 1 atom stereocenters. The highest BCUT2D eigenvalue weighted by Crippen LogP contribution is 2.28. The van der Waals surface area contributed by atoms with Crippen LogP contribution in [0.2, 0.25) is 0 Å². The van der Waals surface area contributed by atoms with Gasteiger partial charge < -0.3 is 14.5 Å². The summed E-state index contributed by atoms with van der Waals surface area (Å²) in [6.07, 6.45) is 0.206. The number of likely N-dealkylation sites (tertiary alicyclic amines) is 1. The lowest BCUT2D eigenvalue weighted by atomic mass is 10.0. The molecule has 0 saturated carbocycles. The third kappa shape index (κ3) is 3.42. The van der Waals surface area contributed by atoms with Crippen LogP contribution in [-0.2, 0) is 9.59 Å². The van der Waals surface area contributed by atoms with E-state index >= 15 is 0 Å². The largest absolute Gasteiger partial charge is 0.471 e. The van der Waals surface area contributed by atoms with Gasteiger partial charge in [-0.1, -0.05) is 36.4 Å². The second kappa shape index (κ2) is 7.20. The molecular formula is C23H21N3O3. The van der Waals surface area contributed by atoms with Crippen LogP contribution in [-0.4, -0.2) is 47.4 Å². The van der Waals surface area contributed by atoms with Gasteiger partial charge in [0.2, 0.25) is 17.7 Å². The number of carbonyl (C=O) groups is 2. The van der Waals surface area contributed by atoms with E-state index in [2.05, 4.69) is 4.98 Å². The van der Waals surface area contributed by atoms with E-state index in [-0.39, 0.29) is 30.3 Å². The average molecular weight is 387 g/mol. The molecular weight excluding hydrogens is 366 g/mol. The molecule has 2 amide bonds. The molecule has 2 saturated heterocycles.